The van der Waals surface area contributed by atoms with Crippen LogP contribution in [0, 0.1) is 5.41 Å². The van der Waals surface area contributed by atoms with Gasteiger partial charge in [-0.15, -0.1) is 0 Å². The number of alkyl halides is 2. The molecule has 1 amide bonds. The molecule has 0 spiro atoms. The second-order valence-electron chi connectivity index (χ2n) is 5.93. The van der Waals surface area contributed by atoms with Gasteiger partial charge in [-0.05, 0) is 17.5 Å². The number of aliphatic carboxylic acids is 1. The van der Waals surface area contributed by atoms with Gasteiger partial charge in [0, 0.05) is 12.2 Å². The number of amides is 1. The van der Waals surface area contributed by atoms with E-state index in [0.29, 0.717) is 0 Å². The van der Waals surface area contributed by atoms with Gasteiger partial charge in [0.25, 0.3) is 12.3 Å². The van der Waals surface area contributed by atoms with Crippen LogP contribution in [0.4, 0.5) is 8.78 Å². The van der Waals surface area contributed by atoms with Gasteiger partial charge in [0.1, 0.15) is 5.69 Å². The van der Waals surface area contributed by atoms with Crippen molar-refractivity contribution in [2.75, 3.05) is 0 Å². The van der Waals surface area contributed by atoms with Crippen LogP contribution in [-0.2, 0) is 11.3 Å². The Kier molecular flexibility index (Phi) is 5.46. The van der Waals surface area contributed by atoms with Gasteiger partial charge in [-0.1, -0.05) is 20.8 Å². The molecular formula is C14H20F2N2O3. The first-order chi connectivity index (χ1) is 9.61. The Hall–Kier alpha value is -1.92. The SMILES string of the molecule is CC(C)(C)C(CC(=O)O)NC(=O)c1cccn1CC(F)F. The van der Waals surface area contributed by atoms with Crippen molar-refractivity contribution < 1.29 is 23.5 Å². The maximum atomic E-state index is 12.4. The molecule has 0 fully saturated rings. The molecule has 0 saturated heterocycles. The quantitative estimate of drug-likeness (QED) is 0.847. The number of carboxylic acid groups (broad SMARTS) is 1. The van der Waals surface area contributed by atoms with E-state index in [1.807, 2.05) is 0 Å². The third-order valence-corrected chi connectivity index (χ3v) is 3.13. The summed E-state index contributed by atoms with van der Waals surface area (Å²) >= 11 is 0. The Morgan fingerprint density at radius 1 is 1.38 bits per heavy atom. The number of nitrogens with one attached hydrogen (secondary N) is 1. The van der Waals surface area contributed by atoms with Crippen molar-refractivity contribution in [2.24, 2.45) is 5.41 Å². The van der Waals surface area contributed by atoms with Gasteiger partial charge in [0.2, 0.25) is 0 Å². The zero-order valence-corrected chi connectivity index (χ0v) is 12.3. The highest BCUT2D eigenvalue weighted by molar-refractivity contribution is 5.93. The Labute approximate surface area is 121 Å². The van der Waals surface area contributed by atoms with Gasteiger partial charge in [-0.25, -0.2) is 8.78 Å². The highest BCUT2D eigenvalue weighted by Gasteiger charge is 2.29. The molecule has 2 N–H and O–H groups in total. The zero-order valence-electron chi connectivity index (χ0n) is 12.3. The Morgan fingerprint density at radius 2 is 2.00 bits per heavy atom. The summed E-state index contributed by atoms with van der Waals surface area (Å²) in [6.45, 7) is 4.84. The lowest BCUT2D eigenvalue weighted by Crippen LogP contribution is -2.45. The standard InChI is InChI=1S/C14H20F2N2O3/c1-14(2,3)10(7-12(19)20)17-13(21)9-5-4-6-18(9)8-11(15)16/h4-6,10-11H,7-8H2,1-3H3,(H,17,21)(H,19,20). The molecule has 1 heterocycles. The fourth-order valence-electron chi connectivity index (χ4n) is 1.91. The fourth-order valence-corrected chi connectivity index (χ4v) is 1.91. The second-order valence-corrected chi connectivity index (χ2v) is 5.93. The molecule has 1 rings (SSSR count). The fraction of sp³-hybridized carbons (Fsp3) is 0.571. The number of hydrogen-bond donors (Lipinski definition) is 2. The summed E-state index contributed by atoms with van der Waals surface area (Å²) in [4.78, 5) is 23.1. The third-order valence-electron chi connectivity index (χ3n) is 3.13. The van der Waals surface area contributed by atoms with E-state index in [9.17, 15) is 18.4 Å². The molecular weight excluding hydrogens is 282 g/mol. The van der Waals surface area contributed by atoms with Crippen LogP contribution in [0.2, 0.25) is 0 Å². The first-order valence-corrected chi connectivity index (χ1v) is 6.57. The number of halogens is 2. The Morgan fingerprint density at radius 3 is 2.48 bits per heavy atom. The molecule has 5 nitrogen and oxygen atoms in total. The topological polar surface area (TPSA) is 71.3 Å². The molecule has 1 aromatic rings. The minimum absolute atomic E-state index is 0.0925. The molecule has 118 valence electrons. The first-order valence-electron chi connectivity index (χ1n) is 6.57. The number of carbonyl (C=O) groups excluding carboxylic acids is 1. The number of hydrogen-bond acceptors (Lipinski definition) is 2. The largest absolute Gasteiger partial charge is 0.481 e. The van der Waals surface area contributed by atoms with E-state index in [1.54, 1.807) is 20.8 Å². The van der Waals surface area contributed by atoms with E-state index in [0.717, 1.165) is 4.57 Å². The minimum atomic E-state index is -2.57. The lowest BCUT2D eigenvalue weighted by atomic mass is 9.84. The molecule has 0 aliphatic rings. The molecule has 1 unspecified atom stereocenters. The van der Waals surface area contributed by atoms with Crippen LogP contribution >= 0.6 is 0 Å². The van der Waals surface area contributed by atoms with Crippen molar-refractivity contribution in [2.45, 2.75) is 46.2 Å². The van der Waals surface area contributed by atoms with Crippen LogP contribution in [-0.4, -0.2) is 34.0 Å². The summed E-state index contributed by atoms with van der Waals surface area (Å²) in [5, 5.41) is 11.5. The normalized spacial score (nSPS) is 13.2. The molecule has 1 atom stereocenters. The van der Waals surface area contributed by atoms with Crippen molar-refractivity contribution in [1.29, 1.82) is 0 Å². The molecule has 0 saturated carbocycles. The molecule has 7 heteroatoms. The monoisotopic (exact) mass is 302 g/mol. The van der Waals surface area contributed by atoms with Gasteiger partial charge < -0.3 is 15.0 Å². The summed E-state index contributed by atoms with van der Waals surface area (Å²) in [6, 6.07) is 2.33. The van der Waals surface area contributed by atoms with Crippen molar-refractivity contribution >= 4 is 11.9 Å². The summed E-state index contributed by atoms with van der Waals surface area (Å²) in [5.74, 6) is -1.58. The average molecular weight is 302 g/mol. The maximum absolute atomic E-state index is 12.4. The number of carboxylic acids is 1. The molecule has 0 aliphatic heterocycles. The predicted molar refractivity (Wildman–Crippen MR) is 73.4 cm³/mol. The van der Waals surface area contributed by atoms with Crippen LogP contribution in [0.5, 0.6) is 0 Å². The highest BCUT2D eigenvalue weighted by Crippen LogP contribution is 2.22. The first kappa shape index (κ1) is 17.1. The van der Waals surface area contributed by atoms with E-state index in [2.05, 4.69) is 5.32 Å². The van der Waals surface area contributed by atoms with E-state index < -0.39 is 36.3 Å². The average Bonchev–Trinajstić information content (AvgIpc) is 2.73. The van der Waals surface area contributed by atoms with Gasteiger partial charge in [0.05, 0.1) is 13.0 Å². The highest BCUT2D eigenvalue weighted by atomic mass is 19.3. The third kappa shape index (κ3) is 5.17. The molecule has 0 aromatic carbocycles. The Bertz CT molecular complexity index is 507. The van der Waals surface area contributed by atoms with Crippen molar-refractivity contribution in [3.63, 3.8) is 0 Å². The van der Waals surface area contributed by atoms with Gasteiger partial charge in [-0.3, -0.25) is 9.59 Å². The summed E-state index contributed by atoms with van der Waals surface area (Å²) < 4.78 is 26.0. The number of aromatic nitrogens is 1. The number of rotatable bonds is 6. The zero-order chi connectivity index (χ0) is 16.2. The van der Waals surface area contributed by atoms with Crippen LogP contribution in [0.1, 0.15) is 37.7 Å². The molecule has 0 bridgehead atoms. The minimum Gasteiger partial charge on any atom is -0.481 e. The van der Waals surface area contributed by atoms with Crippen LogP contribution in [0.25, 0.3) is 0 Å². The van der Waals surface area contributed by atoms with Gasteiger partial charge in [0.15, 0.2) is 0 Å². The van der Waals surface area contributed by atoms with Crippen LogP contribution in [0.15, 0.2) is 18.3 Å². The van der Waals surface area contributed by atoms with Gasteiger partial charge in [-0.2, -0.15) is 0 Å². The van der Waals surface area contributed by atoms with Crippen molar-refractivity contribution in [3.8, 4) is 0 Å². The maximum Gasteiger partial charge on any atom is 0.305 e. The van der Waals surface area contributed by atoms with Crippen molar-refractivity contribution in [3.05, 3.63) is 24.0 Å². The van der Waals surface area contributed by atoms with Crippen LogP contribution < -0.4 is 5.32 Å². The molecule has 0 radical (unpaired) electrons. The van der Waals surface area contributed by atoms with Gasteiger partial charge >= 0.3 is 5.97 Å². The van der Waals surface area contributed by atoms with Crippen molar-refractivity contribution in [1.82, 2.24) is 9.88 Å². The van der Waals surface area contributed by atoms with E-state index in [4.69, 9.17) is 5.11 Å². The number of nitrogens with zero attached hydrogens (tertiary/aromatic N) is 1. The van der Waals surface area contributed by atoms with E-state index >= 15 is 0 Å². The molecule has 21 heavy (non-hydrogen) atoms. The smallest absolute Gasteiger partial charge is 0.305 e. The van der Waals surface area contributed by atoms with E-state index in [-0.39, 0.29) is 12.1 Å². The summed E-state index contributed by atoms with van der Waals surface area (Å²) in [6.07, 6.45) is -1.41. The van der Waals surface area contributed by atoms with E-state index in [1.165, 1.54) is 18.3 Å². The lowest BCUT2D eigenvalue weighted by Gasteiger charge is -2.30. The Balaban J connectivity index is 2.87. The molecule has 1 aromatic heterocycles. The summed E-state index contributed by atoms with van der Waals surface area (Å²) in [5.41, 5.74) is -0.372. The predicted octanol–water partition coefficient (Wildman–Crippen LogP) is 2.37. The lowest BCUT2D eigenvalue weighted by molar-refractivity contribution is -0.138. The number of carbonyl (C=O) groups is 2. The molecule has 0 aliphatic carbocycles. The summed E-state index contributed by atoms with van der Waals surface area (Å²) in [7, 11) is 0. The second kappa shape index (κ2) is 6.69. The van der Waals surface area contributed by atoms with Crippen LogP contribution in [0.3, 0.4) is 0 Å².